The van der Waals surface area contributed by atoms with Crippen LogP contribution in [0.1, 0.15) is 108 Å². The van der Waals surface area contributed by atoms with E-state index in [4.69, 9.17) is 0 Å². The molecule has 6 rings (SSSR count). The predicted molar refractivity (Wildman–Crippen MR) is 145 cm³/mol. The minimum absolute atomic E-state index is 0.140. The van der Waals surface area contributed by atoms with E-state index in [0.29, 0.717) is 29.6 Å². The van der Waals surface area contributed by atoms with Crippen LogP contribution in [0.25, 0.3) is 5.57 Å². The van der Waals surface area contributed by atoms with Crippen LogP contribution in [0.15, 0.2) is 24.3 Å². The van der Waals surface area contributed by atoms with Crippen LogP contribution < -0.4 is 0 Å². The van der Waals surface area contributed by atoms with Gasteiger partial charge in [-0.1, -0.05) is 46.3 Å². The molecule has 8 atom stereocenters. The van der Waals surface area contributed by atoms with Crippen LogP contribution in [0.2, 0.25) is 0 Å². The predicted octanol–water partition coefficient (Wildman–Crippen LogP) is 8.07. The van der Waals surface area contributed by atoms with Gasteiger partial charge in [-0.15, -0.1) is 0 Å². The molecule has 5 aliphatic rings. The molecule has 0 amide bonds. The Morgan fingerprint density at radius 2 is 1.63 bits per heavy atom. The van der Waals surface area contributed by atoms with Crippen LogP contribution in [0.3, 0.4) is 0 Å². The van der Waals surface area contributed by atoms with Crippen molar-refractivity contribution in [1.82, 2.24) is 0 Å². The lowest BCUT2D eigenvalue weighted by molar-refractivity contribution is -0.187. The van der Waals surface area contributed by atoms with Crippen molar-refractivity contribution in [3.63, 3.8) is 0 Å². The average molecular weight is 523 g/mol. The number of carboxylic acid groups (broad SMARTS) is 2. The molecule has 4 saturated carbocycles. The summed E-state index contributed by atoms with van der Waals surface area (Å²) in [5.74, 6) is 0.110. The van der Waals surface area contributed by atoms with Gasteiger partial charge in [-0.2, -0.15) is 0 Å². The van der Waals surface area contributed by atoms with Gasteiger partial charge in [0.05, 0.1) is 11.0 Å². The molecule has 0 aliphatic heterocycles. The van der Waals surface area contributed by atoms with Gasteiger partial charge in [0.15, 0.2) is 0 Å². The molecule has 1 aromatic carbocycles. The zero-order chi connectivity index (χ0) is 27.3. The Morgan fingerprint density at radius 1 is 0.868 bits per heavy atom. The second-order valence-electron chi connectivity index (χ2n) is 14.5. The minimum Gasteiger partial charge on any atom is -0.481 e. The number of hydrogen-bond donors (Lipinski definition) is 2. The zero-order valence-electron chi connectivity index (χ0n) is 23.4. The van der Waals surface area contributed by atoms with Crippen LogP contribution in [-0.2, 0) is 4.79 Å². The smallest absolute Gasteiger partial charge is 0.338 e. The first-order valence-electron chi connectivity index (χ1n) is 14.8. The standard InChI is InChI=1S/C33H43FO4/c1-30(2)22(19-7-8-21(28(35)36)25(34)18-19)11-15-32(4)26(30)13-16-31(3)23-12-17-33(29(37)38)14-5-6-24(33)20(23)9-10-27(31)32/h7-8,11,18,20,23-24,26-27H,5-6,9-10,12-17H2,1-4H3,(H,35,36)(H,37,38)/t20-,23?,24?,26?,27?,31-,32-,33-/m0/s1. The first kappa shape index (κ1) is 26.1. The molecule has 0 radical (unpaired) electrons. The molecule has 0 bridgehead atoms. The highest BCUT2D eigenvalue weighted by atomic mass is 19.1. The summed E-state index contributed by atoms with van der Waals surface area (Å²) in [7, 11) is 0. The van der Waals surface area contributed by atoms with Crippen molar-refractivity contribution < 1.29 is 24.2 Å². The van der Waals surface area contributed by atoms with Crippen molar-refractivity contribution >= 4 is 17.5 Å². The maximum absolute atomic E-state index is 14.7. The number of carboxylic acids is 2. The molecule has 5 heteroatoms. The second kappa shape index (κ2) is 8.41. The number of carbonyl (C=O) groups is 2. The molecule has 0 heterocycles. The van der Waals surface area contributed by atoms with Gasteiger partial charge in [0, 0.05) is 0 Å². The van der Waals surface area contributed by atoms with E-state index >= 15 is 0 Å². The minimum atomic E-state index is -1.23. The number of halogens is 1. The Bertz CT molecular complexity index is 1220. The first-order valence-corrected chi connectivity index (χ1v) is 14.8. The van der Waals surface area contributed by atoms with Crippen molar-refractivity contribution in [2.24, 2.45) is 51.2 Å². The molecule has 4 fully saturated rings. The summed E-state index contributed by atoms with van der Waals surface area (Å²) in [5, 5.41) is 19.5. The van der Waals surface area contributed by atoms with Crippen LogP contribution in [0.5, 0.6) is 0 Å². The third-order valence-corrected chi connectivity index (χ3v) is 13.0. The Balaban J connectivity index is 1.33. The largest absolute Gasteiger partial charge is 0.481 e. The van der Waals surface area contributed by atoms with Crippen molar-refractivity contribution in [3.05, 3.63) is 41.2 Å². The van der Waals surface area contributed by atoms with Crippen molar-refractivity contribution in [3.8, 4) is 0 Å². The summed E-state index contributed by atoms with van der Waals surface area (Å²) < 4.78 is 14.7. The van der Waals surface area contributed by atoms with Gasteiger partial charge in [-0.25, -0.2) is 9.18 Å². The molecule has 38 heavy (non-hydrogen) atoms. The number of rotatable bonds is 3. The third kappa shape index (κ3) is 3.32. The number of aliphatic carboxylic acids is 1. The van der Waals surface area contributed by atoms with Crippen LogP contribution in [0, 0.1) is 57.1 Å². The Kier molecular flexibility index (Phi) is 5.77. The van der Waals surface area contributed by atoms with E-state index in [-0.39, 0.29) is 21.8 Å². The van der Waals surface area contributed by atoms with E-state index in [0.717, 1.165) is 62.5 Å². The summed E-state index contributed by atoms with van der Waals surface area (Å²) in [6, 6.07) is 4.59. The summed E-state index contributed by atoms with van der Waals surface area (Å²) in [4.78, 5) is 23.8. The highest BCUT2D eigenvalue weighted by Crippen LogP contribution is 2.73. The summed E-state index contributed by atoms with van der Waals surface area (Å²) in [5.41, 5.74) is 1.41. The second-order valence-corrected chi connectivity index (χ2v) is 14.5. The molecular weight excluding hydrogens is 479 g/mol. The Morgan fingerprint density at radius 3 is 2.32 bits per heavy atom. The molecule has 206 valence electrons. The van der Waals surface area contributed by atoms with Gasteiger partial charge in [-0.3, -0.25) is 4.79 Å². The normalized spacial score (nSPS) is 43.2. The van der Waals surface area contributed by atoms with Gasteiger partial charge in [-0.05, 0) is 127 Å². The molecule has 0 aromatic heterocycles. The number of benzene rings is 1. The van der Waals surface area contributed by atoms with E-state index in [1.807, 2.05) is 0 Å². The Hall–Kier alpha value is -2.17. The lowest BCUT2D eigenvalue weighted by atomic mass is 9.36. The lowest BCUT2D eigenvalue weighted by Gasteiger charge is -2.68. The fourth-order valence-corrected chi connectivity index (χ4v) is 11.5. The molecule has 5 aliphatic carbocycles. The lowest BCUT2D eigenvalue weighted by Crippen LogP contribution is -2.61. The first-order chi connectivity index (χ1) is 17.9. The van der Waals surface area contributed by atoms with Gasteiger partial charge in [0.1, 0.15) is 5.82 Å². The quantitative estimate of drug-likeness (QED) is 0.421. The molecule has 2 N–H and O–H groups in total. The van der Waals surface area contributed by atoms with Crippen molar-refractivity contribution in [2.45, 2.75) is 91.9 Å². The summed E-state index contributed by atoms with van der Waals surface area (Å²) in [6.45, 7) is 9.66. The SMILES string of the molecule is CC1(C)C(c2ccc(C(=O)O)c(F)c2)=CC[C@@]2(C)C1CC[C@@]1(C)C3CC[C@@]4(C(=O)O)CCCC4[C@H]3CCC12. The molecule has 0 saturated heterocycles. The third-order valence-electron chi connectivity index (χ3n) is 13.0. The average Bonchev–Trinajstić information content (AvgIpc) is 3.29. The van der Waals surface area contributed by atoms with E-state index in [2.05, 4.69) is 33.8 Å². The maximum Gasteiger partial charge on any atom is 0.338 e. The monoisotopic (exact) mass is 522 g/mol. The highest BCUT2D eigenvalue weighted by molar-refractivity contribution is 5.88. The van der Waals surface area contributed by atoms with Crippen molar-refractivity contribution in [2.75, 3.05) is 0 Å². The number of fused-ring (bicyclic) bond motifs is 7. The van der Waals surface area contributed by atoms with Gasteiger partial charge in [0.2, 0.25) is 0 Å². The molecule has 1 aromatic rings. The molecule has 0 spiro atoms. The molecule has 4 unspecified atom stereocenters. The van der Waals surface area contributed by atoms with Crippen LogP contribution in [0.4, 0.5) is 4.39 Å². The number of hydrogen-bond acceptors (Lipinski definition) is 2. The van der Waals surface area contributed by atoms with E-state index in [1.54, 1.807) is 6.07 Å². The fourth-order valence-electron chi connectivity index (χ4n) is 11.5. The topological polar surface area (TPSA) is 74.6 Å². The van der Waals surface area contributed by atoms with Crippen LogP contribution >= 0.6 is 0 Å². The summed E-state index contributed by atoms with van der Waals surface area (Å²) in [6.07, 6.45) is 12.9. The van der Waals surface area contributed by atoms with Gasteiger partial charge >= 0.3 is 11.9 Å². The highest BCUT2D eigenvalue weighted by Gasteiger charge is 2.66. The number of allylic oxidation sites excluding steroid dienone is 2. The Labute approximate surface area is 226 Å². The summed E-state index contributed by atoms with van der Waals surface area (Å²) >= 11 is 0. The number of aromatic carboxylic acids is 1. The van der Waals surface area contributed by atoms with E-state index < -0.39 is 23.2 Å². The van der Waals surface area contributed by atoms with Crippen molar-refractivity contribution in [1.29, 1.82) is 0 Å². The molecular formula is C33H43FO4. The van der Waals surface area contributed by atoms with E-state index in [1.165, 1.54) is 25.0 Å². The van der Waals surface area contributed by atoms with E-state index in [9.17, 15) is 24.2 Å². The maximum atomic E-state index is 14.7. The van der Waals surface area contributed by atoms with Gasteiger partial charge < -0.3 is 10.2 Å². The van der Waals surface area contributed by atoms with Crippen LogP contribution in [-0.4, -0.2) is 22.2 Å². The fraction of sp³-hybridized carbons (Fsp3) is 0.697. The zero-order valence-corrected chi connectivity index (χ0v) is 23.4. The van der Waals surface area contributed by atoms with Gasteiger partial charge in [0.25, 0.3) is 0 Å². The molecule has 4 nitrogen and oxygen atoms in total.